The van der Waals surface area contributed by atoms with Gasteiger partial charge in [0, 0.05) is 11.3 Å². The Morgan fingerprint density at radius 2 is 1.73 bits per heavy atom. The molecule has 0 fully saturated rings. The minimum absolute atomic E-state index is 0.115. The molecule has 0 atom stereocenters. The van der Waals surface area contributed by atoms with Crippen molar-refractivity contribution < 1.29 is 22.7 Å². The number of esters is 1. The van der Waals surface area contributed by atoms with E-state index in [1.165, 1.54) is 35.1 Å². The molecule has 0 bridgehead atoms. The fourth-order valence-corrected chi connectivity index (χ4v) is 3.24. The summed E-state index contributed by atoms with van der Waals surface area (Å²) in [5, 5.41) is 6.92. The van der Waals surface area contributed by atoms with E-state index in [9.17, 15) is 18.0 Å². The number of anilines is 2. The monoisotopic (exact) mass is 428 g/mol. The Kier molecular flexibility index (Phi) is 6.17. The SMILES string of the molecule is CCOC(=O)c1cnn(-c2ccccc2)c1NC(=O)c1ccc(NS(C)(=O)=O)cc1. The molecule has 0 spiro atoms. The van der Waals surface area contributed by atoms with Gasteiger partial charge in [0.05, 0.1) is 24.7 Å². The zero-order valence-corrected chi connectivity index (χ0v) is 17.1. The van der Waals surface area contributed by atoms with Crippen LogP contribution in [0.4, 0.5) is 11.5 Å². The molecular weight excluding hydrogens is 408 g/mol. The number of hydrogen-bond donors (Lipinski definition) is 2. The first-order chi connectivity index (χ1) is 14.3. The van der Waals surface area contributed by atoms with E-state index >= 15 is 0 Å². The van der Waals surface area contributed by atoms with E-state index in [1.54, 1.807) is 31.2 Å². The second-order valence-corrected chi connectivity index (χ2v) is 8.03. The van der Waals surface area contributed by atoms with Gasteiger partial charge in [0.25, 0.3) is 5.91 Å². The Balaban J connectivity index is 1.91. The minimum Gasteiger partial charge on any atom is -0.462 e. The number of aromatic nitrogens is 2. The van der Waals surface area contributed by atoms with Crippen LogP contribution in [0.3, 0.4) is 0 Å². The third-order valence-electron chi connectivity index (χ3n) is 3.95. The van der Waals surface area contributed by atoms with Crippen molar-refractivity contribution >= 4 is 33.4 Å². The summed E-state index contributed by atoms with van der Waals surface area (Å²) in [6, 6.07) is 14.9. The van der Waals surface area contributed by atoms with Crippen molar-refractivity contribution in [2.24, 2.45) is 0 Å². The van der Waals surface area contributed by atoms with E-state index in [-0.39, 0.29) is 23.6 Å². The predicted octanol–water partition coefficient (Wildman–Crippen LogP) is 2.67. The number of nitrogens with zero attached hydrogens (tertiary/aromatic N) is 2. The number of ether oxygens (including phenoxy) is 1. The number of carbonyl (C=O) groups excluding carboxylic acids is 2. The van der Waals surface area contributed by atoms with Crippen LogP contribution < -0.4 is 10.0 Å². The van der Waals surface area contributed by atoms with E-state index in [1.807, 2.05) is 6.07 Å². The maximum atomic E-state index is 12.8. The summed E-state index contributed by atoms with van der Waals surface area (Å²) in [4.78, 5) is 25.1. The Labute approximate surface area is 173 Å². The molecule has 2 N–H and O–H groups in total. The van der Waals surface area contributed by atoms with Crippen molar-refractivity contribution in [1.82, 2.24) is 9.78 Å². The summed E-state index contributed by atoms with van der Waals surface area (Å²) in [5.41, 5.74) is 1.36. The molecule has 0 saturated heterocycles. The van der Waals surface area contributed by atoms with Crippen molar-refractivity contribution in [2.75, 3.05) is 22.9 Å². The summed E-state index contributed by atoms with van der Waals surface area (Å²) in [5.74, 6) is -0.935. The van der Waals surface area contributed by atoms with Gasteiger partial charge in [-0.05, 0) is 43.3 Å². The smallest absolute Gasteiger partial charge is 0.343 e. The highest BCUT2D eigenvalue weighted by molar-refractivity contribution is 7.92. The van der Waals surface area contributed by atoms with Gasteiger partial charge in [-0.15, -0.1) is 0 Å². The third kappa shape index (κ3) is 5.03. The van der Waals surface area contributed by atoms with Gasteiger partial charge < -0.3 is 10.1 Å². The first-order valence-electron chi connectivity index (χ1n) is 8.98. The lowest BCUT2D eigenvalue weighted by atomic mass is 10.2. The molecule has 0 aliphatic carbocycles. The molecule has 3 aromatic rings. The second kappa shape index (κ2) is 8.78. The largest absolute Gasteiger partial charge is 0.462 e. The zero-order chi connectivity index (χ0) is 21.7. The molecule has 156 valence electrons. The number of amides is 1. The molecule has 0 aliphatic heterocycles. The Bertz CT molecular complexity index is 1160. The normalized spacial score (nSPS) is 11.0. The lowest BCUT2D eigenvalue weighted by Crippen LogP contribution is -2.18. The van der Waals surface area contributed by atoms with Crippen LogP contribution in [0.1, 0.15) is 27.6 Å². The minimum atomic E-state index is -3.42. The van der Waals surface area contributed by atoms with Crippen molar-refractivity contribution in [3.05, 3.63) is 71.9 Å². The molecule has 2 aromatic carbocycles. The average Bonchev–Trinajstić information content (AvgIpc) is 3.11. The van der Waals surface area contributed by atoms with Gasteiger partial charge in [0.15, 0.2) is 5.82 Å². The van der Waals surface area contributed by atoms with Crippen LogP contribution in [0, 0.1) is 0 Å². The standard InChI is InChI=1S/C20H20N4O5S/c1-3-29-20(26)17-13-21-24(16-7-5-4-6-8-16)18(17)22-19(25)14-9-11-15(12-10-14)23-30(2,27)28/h4-13,23H,3H2,1-2H3,(H,22,25). The van der Waals surface area contributed by atoms with Crippen LogP contribution in [0.25, 0.3) is 5.69 Å². The topological polar surface area (TPSA) is 119 Å². The highest BCUT2D eigenvalue weighted by Crippen LogP contribution is 2.22. The average molecular weight is 428 g/mol. The number of rotatable bonds is 7. The molecule has 10 heteroatoms. The molecule has 1 amide bonds. The van der Waals surface area contributed by atoms with Crippen LogP contribution in [-0.4, -0.2) is 42.9 Å². The molecule has 1 aromatic heterocycles. The molecule has 0 saturated carbocycles. The third-order valence-corrected chi connectivity index (χ3v) is 4.55. The van der Waals surface area contributed by atoms with Gasteiger partial charge in [-0.25, -0.2) is 17.9 Å². The number of nitrogens with one attached hydrogen (secondary N) is 2. The first kappa shape index (κ1) is 21.1. The molecule has 0 aliphatic rings. The summed E-state index contributed by atoms with van der Waals surface area (Å²) in [6.45, 7) is 1.86. The highest BCUT2D eigenvalue weighted by atomic mass is 32.2. The van der Waals surface area contributed by atoms with Crippen molar-refractivity contribution in [2.45, 2.75) is 6.92 Å². The second-order valence-electron chi connectivity index (χ2n) is 6.28. The van der Waals surface area contributed by atoms with Gasteiger partial charge in [0.2, 0.25) is 10.0 Å². The van der Waals surface area contributed by atoms with Crippen molar-refractivity contribution in [1.29, 1.82) is 0 Å². The number of para-hydroxylation sites is 1. The fraction of sp³-hybridized carbons (Fsp3) is 0.150. The molecule has 3 rings (SSSR count). The Morgan fingerprint density at radius 3 is 2.33 bits per heavy atom. The van der Waals surface area contributed by atoms with Gasteiger partial charge in [-0.1, -0.05) is 18.2 Å². The molecular formula is C20H20N4O5S. The first-order valence-corrected chi connectivity index (χ1v) is 10.9. The Hall–Kier alpha value is -3.66. The van der Waals surface area contributed by atoms with Crippen LogP contribution >= 0.6 is 0 Å². The summed E-state index contributed by atoms with van der Waals surface area (Å²) in [6.07, 6.45) is 2.37. The van der Waals surface area contributed by atoms with E-state index in [0.717, 1.165) is 6.26 Å². The molecule has 1 heterocycles. The fourth-order valence-electron chi connectivity index (χ4n) is 2.68. The quantitative estimate of drug-likeness (QED) is 0.559. The van der Waals surface area contributed by atoms with E-state index in [2.05, 4.69) is 15.1 Å². The molecule has 30 heavy (non-hydrogen) atoms. The van der Waals surface area contributed by atoms with Gasteiger partial charge >= 0.3 is 5.97 Å². The van der Waals surface area contributed by atoms with Crippen molar-refractivity contribution in [3.63, 3.8) is 0 Å². The van der Waals surface area contributed by atoms with E-state index in [4.69, 9.17) is 4.74 Å². The molecule has 9 nitrogen and oxygen atoms in total. The summed E-state index contributed by atoms with van der Waals surface area (Å²) < 4.78 is 31.4. The number of benzene rings is 2. The van der Waals surface area contributed by atoms with Gasteiger partial charge in [-0.2, -0.15) is 5.10 Å². The lowest BCUT2D eigenvalue weighted by Gasteiger charge is -2.11. The van der Waals surface area contributed by atoms with Crippen LogP contribution in [0.15, 0.2) is 60.8 Å². The van der Waals surface area contributed by atoms with Gasteiger partial charge in [0.1, 0.15) is 5.56 Å². The number of hydrogen-bond acceptors (Lipinski definition) is 6. The lowest BCUT2D eigenvalue weighted by molar-refractivity contribution is 0.0527. The van der Waals surface area contributed by atoms with Crippen LogP contribution in [0.5, 0.6) is 0 Å². The molecule has 0 radical (unpaired) electrons. The Morgan fingerprint density at radius 1 is 1.07 bits per heavy atom. The van der Waals surface area contributed by atoms with Crippen LogP contribution in [-0.2, 0) is 14.8 Å². The maximum Gasteiger partial charge on any atom is 0.343 e. The highest BCUT2D eigenvalue weighted by Gasteiger charge is 2.22. The number of carbonyl (C=O) groups is 2. The zero-order valence-electron chi connectivity index (χ0n) is 16.3. The van der Waals surface area contributed by atoms with Gasteiger partial charge in [-0.3, -0.25) is 9.52 Å². The van der Waals surface area contributed by atoms with E-state index in [0.29, 0.717) is 11.4 Å². The maximum absolute atomic E-state index is 12.8. The van der Waals surface area contributed by atoms with E-state index < -0.39 is 21.9 Å². The number of sulfonamides is 1. The van der Waals surface area contributed by atoms with Crippen molar-refractivity contribution in [3.8, 4) is 5.69 Å². The summed E-state index contributed by atoms with van der Waals surface area (Å²) in [7, 11) is -3.42. The predicted molar refractivity (Wildman–Crippen MR) is 112 cm³/mol. The van der Waals surface area contributed by atoms with Crippen LogP contribution in [0.2, 0.25) is 0 Å². The summed E-state index contributed by atoms with van der Waals surface area (Å²) >= 11 is 0. The molecule has 0 unspecified atom stereocenters.